The van der Waals surface area contributed by atoms with E-state index in [-0.39, 0.29) is 23.8 Å². The van der Waals surface area contributed by atoms with Crippen molar-refractivity contribution in [1.82, 2.24) is 4.90 Å². The second-order valence-corrected chi connectivity index (χ2v) is 6.56. The maximum atomic E-state index is 12.6. The molecule has 23 heavy (non-hydrogen) atoms. The predicted molar refractivity (Wildman–Crippen MR) is 84.9 cm³/mol. The number of carbonyl (C=O) groups is 2. The van der Waals surface area contributed by atoms with Crippen molar-refractivity contribution in [3.63, 3.8) is 0 Å². The van der Waals surface area contributed by atoms with Crippen molar-refractivity contribution >= 4 is 11.9 Å². The van der Waals surface area contributed by atoms with Crippen LogP contribution in [0.3, 0.4) is 0 Å². The van der Waals surface area contributed by atoms with E-state index in [0.717, 1.165) is 12.0 Å². The van der Waals surface area contributed by atoms with Crippen molar-refractivity contribution in [1.29, 1.82) is 0 Å². The van der Waals surface area contributed by atoms with Gasteiger partial charge in [-0.15, -0.1) is 0 Å². The number of fused-ring (bicyclic) bond motifs is 1. The Kier molecular flexibility index (Phi) is 4.66. The highest BCUT2D eigenvalue weighted by Crippen LogP contribution is 2.31. The summed E-state index contributed by atoms with van der Waals surface area (Å²) in [6.07, 6.45) is 1.58. The fourth-order valence-corrected chi connectivity index (χ4v) is 3.67. The molecule has 2 aliphatic heterocycles. The lowest BCUT2D eigenvalue weighted by Crippen LogP contribution is -2.45. The Morgan fingerprint density at radius 3 is 2.87 bits per heavy atom. The lowest BCUT2D eigenvalue weighted by molar-refractivity contribution is -0.149. The summed E-state index contributed by atoms with van der Waals surface area (Å²) in [4.78, 5) is 25.6. The number of carboxylic acid groups (broad SMARTS) is 1. The van der Waals surface area contributed by atoms with E-state index in [1.807, 2.05) is 25.1 Å². The van der Waals surface area contributed by atoms with Crippen LogP contribution in [0.15, 0.2) is 24.3 Å². The van der Waals surface area contributed by atoms with Crippen molar-refractivity contribution in [2.24, 2.45) is 11.8 Å². The third kappa shape index (κ3) is 3.39. The van der Waals surface area contributed by atoms with Gasteiger partial charge >= 0.3 is 5.97 Å². The van der Waals surface area contributed by atoms with E-state index in [9.17, 15) is 14.7 Å². The van der Waals surface area contributed by atoms with Crippen molar-refractivity contribution in [3.05, 3.63) is 35.4 Å². The van der Waals surface area contributed by atoms with Gasteiger partial charge in [0.15, 0.2) is 0 Å². The number of carboxylic acids is 1. The lowest BCUT2D eigenvalue weighted by atomic mass is 9.86. The smallest absolute Gasteiger partial charge is 0.306 e. The van der Waals surface area contributed by atoms with Crippen LogP contribution in [0.2, 0.25) is 0 Å². The molecule has 2 heterocycles. The molecule has 0 bridgehead atoms. The summed E-state index contributed by atoms with van der Waals surface area (Å²) in [5, 5.41) is 9.18. The average Bonchev–Trinajstić information content (AvgIpc) is 2.54. The van der Waals surface area contributed by atoms with Gasteiger partial charge in [-0.25, -0.2) is 0 Å². The number of aliphatic carboxylic acids is 1. The summed E-state index contributed by atoms with van der Waals surface area (Å²) in [6, 6.07) is 8.12. The summed E-state index contributed by atoms with van der Waals surface area (Å²) in [7, 11) is 0. The summed E-state index contributed by atoms with van der Waals surface area (Å²) >= 11 is 0. The Labute approximate surface area is 136 Å². The lowest BCUT2D eigenvalue weighted by Gasteiger charge is -2.36. The zero-order valence-electron chi connectivity index (χ0n) is 13.4. The van der Waals surface area contributed by atoms with E-state index in [0.29, 0.717) is 32.5 Å². The number of amides is 1. The molecule has 0 radical (unpaired) electrons. The van der Waals surface area contributed by atoms with E-state index >= 15 is 0 Å². The third-order valence-electron chi connectivity index (χ3n) is 5.03. The predicted octanol–water partition coefficient (Wildman–Crippen LogP) is 2.26. The van der Waals surface area contributed by atoms with Crippen molar-refractivity contribution in [2.45, 2.75) is 32.3 Å². The number of ether oxygens (including phenoxy) is 1. The number of likely N-dealkylation sites (tertiary alicyclic amines) is 1. The minimum atomic E-state index is -0.755. The first-order valence-electron chi connectivity index (χ1n) is 8.26. The van der Waals surface area contributed by atoms with Crippen LogP contribution in [0.1, 0.15) is 37.0 Å². The van der Waals surface area contributed by atoms with E-state index < -0.39 is 5.97 Å². The Balaban J connectivity index is 1.64. The molecule has 124 valence electrons. The minimum absolute atomic E-state index is 0.00948. The van der Waals surface area contributed by atoms with Crippen LogP contribution in [-0.4, -0.2) is 41.6 Å². The van der Waals surface area contributed by atoms with E-state index in [1.165, 1.54) is 5.56 Å². The van der Waals surface area contributed by atoms with Gasteiger partial charge in [-0.05, 0) is 29.9 Å². The number of nitrogens with zero attached hydrogens (tertiary/aromatic N) is 1. The number of piperidine rings is 1. The summed E-state index contributed by atoms with van der Waals surface area (Å²) in [5.74, 6) is -1.05. The topological polar surface area (TPSA) is 66.8 Å². The molecule has 0 saturated carbocycles. The fraction of sp³-hybridized carbons (Fsp3) is 0.556. The van der Waals surface area contributed by atoms with Gasteiger partial charge in [0.2, 0.25) is 5.91 Å². The molecular weight excluding hydrogens is 294 g/mol. The molecule has 1 fully saturated rings. The van der Waals surface area contributed by atoms with Gasteiger partial charge in [-0.3, -0.25) is 9.59 Å². The monoisotopic (exact) mass is 317 g/mol. The molecule has 5 heteroatoms. The highest BCUT2D eigenvalue weighted by Gasteiger charge is 2.34. The van der Waals surface area contributed by atoms with Gasteiger partial charge in [-0.2, -0.15) is 0 Å². The van der Waals surface area contributed by atoms with Gasteiger partial charge in [0, 0.05) is 13.1 Å². The van der Waals surface area contributed by atoms with Crippen LogP contribution >= 0.6 is 0 Å². The van der Waals surface area contributed by atoms with Crippen LogP contribution in [-0.2, 0) is 20.7 Å². The zero-order chi connectivity index (χ0) is 16.4. The summed E-state index contributed by atoms with van der Waals surface area (Å²) in [5.41, 5.74) is 2.37. The molecule has 1 amide bonds. The summed E-state index contributed by atoms with van der Waals surface area (Å²) < 4.78 is 5.81. The molecule has 1 aromatic carbocycles. The van der Waals surface area contributed by atoms with Crippen molar-refractivity contribution in [2.75, 3.05) is 19.7 Å². The molecule has 3 atom stereocenters. The average molecular weight is 317 g/mol. The molecule has 0 aromatic heterocycles. The molecule has 1 saturated heterocycles. The Hall–Kier alpha value is -1.88. The van der Waals surface area contributed by atoms with Crippen LogP contribution in [0, 0.1) is 11.8 Å². The molecular formula is C18H23NO4. The molecule has 1 N–H and O–H groups in total. The highest BCUT2D eigenvalue weighted by molar-refractivity contribution is 5.78. The van der Waals surface area contributed by atoms with E-state index in [4.69, 9.17) is 4.74 Å². The second-order valence-electron chi connectivity index (χ2n) is 6.56. The van der Waals surface area contributed by atoms with Crippen LogP contribution in [0.5, 0.6) is 0 Å². The quantitative estimate of drug-likeness (QED) is 0.928. The second kappa shape index (κ2) is 6.71. The molecule has 3 rings (SSSR count). The number of hydrogen-bond acceptors (Lipinski definition) is 3. The van der Waals surface area contributed by atoms with Gasteiger partial charge in [0.05, 0.1) is 25.0 Å². The Morgan fingerprint density at radius 2 is 2.13 bits per heavy atom. The maximum Gasteiger partial charge on any atom is 0.306 e. The molecule has 2 aliphatic rings. The van der Waals surface area contributed by atoms with Gasteiger partial charge in [0.25, 0.3) is 0 Å². The largest absolute Gasteiger partial charge is 0.481 e. The van der Waals surface area contributed by atoms with Gasteiger partial charge in [0.1, 0.15) is 0 Å². The van der Waals surface area contributed by atoms with Gasteiger partial charge < -0.3 is 14.7 Å². The van der Waals surface area contributed by atoms with E-state index in [2.05, 4.69) is 6.07 Å². The first-order chi connectivity index (χ1) is 11.1. The zero-order valence-corrected chi connectivity index (χ0v) is 13.4. The van der Waals surface area contributed by atoms with Crippen LogP contribution in [0.25, 0.3) is 0 Å². The summed E-state index contributed by atoms with van der Waals surface area (Å²) in [6.45, 7) is 3.59. The number of hydrogen-bond donors (Lipinski definition) is 1. The molecule has 5 nitrogen and oxygen atoms in total. The van der Waals surface area contributed by atoms with E-state index in [1.54, 1.807) is 4.90 Å². The molecule has 0 spiro atoms. The first-order valence-corrected chi connectivity index (χ1v) is 8.26. The SMILES string of the molecule is CC1CN(C(=O)CC2OCCc3ccccc32)CCC1C(=O)O. The fourth-order valence-electron chi connectivity index (χ4n) is 3.67. The molecule has 1 aromatic rings. The number of benzene rings is 1. The number of carbonyl (C=O) groups excluding carboxylic acids is 1. The van der Waals surface area contributed by atoms with Crippen molar-refractivity contribution in [3.8, 4) is 0 Å². The van der Waals surface area contributed by atoms with Gasteiger partial charge in [-0.1, -0.05) is 31.2 Å². The van der Waals surface area contributed by atoms with Crippen molar-refractivity contribution < 1.29 is 19.4 Å². The normalized spacial score (nSPS) is 27.3. The van der Waals surface area contributed by atoms with Crippen LogP contribution < -0.4 is 0 Å². The molecule has 0 aliphatic carbocycles. The molecule has 3 unspecified atom stereocenters. The minimum Gasteiger partial charge on any atom is -0.481 e. The first kappa shape index (κ1) is 16.0. The maximum absolute atomic E-state index is 12.6. The Bertz CT molecular complexity index is 600. The van der Waals surface area contributed by atoms with Crippen LogP contribution in [0.4, 0.5) is 0 Å². The number of rotatable bonds is 3. The Morgan fingerprint density at radius 1 is 1.35 bits per heavy atom. The standard InChI is InChI=1S/C18H23NO4/c1-12-11-19(8-6-14(12)18(21)22)17(20)10-16-15-5-3-2-4-13(15)7-9-23-16/h2-5,12,14,16H,6-11H2,1H3,(H,21,22). The third-order valence-corrected chi connectivity index (χ3v) is 5.03. The highest BCUT2D eigenvalue weighted by atomic mass is 16.5.